The first kappa shape index (κ1) is 38.9. The smallest absolute Gasteiger partial charge is 0.151 e. The lowest BCUT2D eigenvalue weighted by Gasteiger charge is -2.32. The Balaban J connectivity index is 0.774. The second-order valence-electron chi connectivity index (χ2n) is 16.8. The summed E-state index contributed by atoms with van der Waals surface area (Å²) in [6.45, 7) is 4.36. The van der Waals surface area contributed by atoms with Crippen LogP contribution in [0.15, 0.2) is 219 Å². The highest BCUT2D eigenvalue weighted by Gasteiger charge is 2.27. The van der Waals surface area contributed by atoms with Crippen molar-refractivity contribution in [3.05, 3.63) is 230 Å². The number of aromatic nitrogens is 2. The van der Waals surface area contributed by atoms with Crippen molar-refractivity contribution < 1.29 is 9.47 Å². The maximum atomic E-state index is 6.24. The number of ether oxygens (including phenoxy) is 2. The SMILES string of the molecule is Cc1cc(-c2ccnc(-c3cc(-c4ccc(-c5ccc(N6c7ccccc7Oc7ccccc76)cc5)c(C)c4)ccn3)c2)ccc1-c1ccc(N2c3ccccc3Oc3ccccc32)cc1. The summed E-state index contributed by atoms with van der Waals surface area (Å²) in [6, 6.07) is 72.1. The third kappa shape index (κ3) is 6.93. The molecule has 4 heterocycles. The van der Waals surface area contributed by atoms with Gasteiger partial charge in [0.25, 0.3) is 0 Å². The zero-order chi connectivity index (χ0) is 44.1. The van der Waals surface area contributed by atoms with E-state index in [4.69, 9.17) is 19.4 Å². The maximum absolute atomic E-state index is 6.24. The van der Waals surface area contributed by atoms with E-state index < -0.39 is 0 Å². The molecule has 0 amide bonds. The topological polar surface area (TPSA) is 50.7 Å². The van der Waals surface area contributed by atoms with E-state index >= 15 is 0 Å². The van der Waals surface area contributed by atoms with Gasteiger partial charge in [0.05, 0.1) is 34.1 Å². The highest BCUT2D eigenvalue weighted by molar-refractivity contribution is 5.89. The van der Waals surface area contributed by atoms with Gasteiger partial charge in [-0.3, -0.25) is 9.97 Å². The number of aryl methyl sites for hydroxylation is 2. The molecule has 0 bridgehead atoms. The monoisotopic (exact) mass is 850 g/mol. The molecule has 0 N–H and O–H groups in total. The Labute approximate surface area is 384 Å². The quantitative estimate of drug-likeness (QED) is 0.159. The summed E-state index contributed by atoms with van der Waals surface area (Å²) in [6.07, 6.45) is 3.76. The van der Waals surface area contributed by atoms with Gasteiger partial charge in [0.2, 0.25) is 0 Å². The van der Waals surface area contributed by atoms with Crippen molar-refractivity contribution >= 4 is 34.1 Å². The van der Waals surface area contributed by atoms with Crippen molar-refractivity contribution in [1.29, 1.82) is 0 Å². The normalized spacial score (nSPS) is 12.3. The molecule has 0 saturated heterocycles. The van der Waals surface area contributed by atoms with Crippen LogP contribution in [0.25, 0.3) is 55.9 Å². The molecule has 8 aromatic carbocycles. The molecule has 0 radical (unpaired) electrons. The van der Waals surface area contributed by atoms with Crippen molar-refractivity contribution in [1.82, 2.24) is 9.97 Å². The van der Waals surface area contributed by atoms with Crippen LogP contribution in [0, 0.1) is 13.8 Å². The largest absolute Gasteiger partial charge is 0.453 e. The molecule has 66 heavy (non-hydrogen) atoms. The Bertz CT molecular complexity index is 3150. The molecule has 314 valence electrons. The highest BCUT2D eigenvalue weighted by Crippen LogP contribution is 2.52. The molecule has 2 aromatic heterocycles. The zero-order valence-electron chi connectivity index (χ0n) is 36.4. The minimum atomic E-state index is 0.830. The van der Waals surface area contributed by atoms with Crippen LogP contribution in [0.4, 0.5) is 34.1 Å². The second-order valence-corrected chi connectivity index (χ2v) is 16.8. The Kier molecular flexibility index (Phi) is 9.50. The van der Waals surface area contributed by atoms with E-state index in [1.54, 1.807) is 0 Å². The van der Waals surface area contributed by atoms with E-state index in [0.29, 0.717) is 0 Å². The first-order valence-electron chi connectivity index (χ1n) is 22.2. The zero-order valence-corrected chi connectivity index (χ0v) is 36.4. The van der Waals surface area contributed by atoms with E-state index in [0.717, 1.165) is 102 Å². The number of hydrogen-bond acceptors (Lipinski definition) is 6. The van der Waals surface area contributed by atoms with Gasteiger partial charge in [-0.05, 0) is 167 Å². The van der Waals surface area contributed by atoms with Crippen LogP contribution in [0.3, 0.4) is 0 Å². The van der Waals surface area contributed by atoms with Crippen LogP contribution < -0.4 is 19.3 Å². The van der Waals surface area contributed by atoms with E-state index in [1.807, 2.05) is 60.9 Å². The van der Waals surface area contributed by atoms with Crippen LogP contribution in [-0.2, 0) is 0 Å². The van der Waals surface area contributed by atoms with E-state index in [-0.39, 0.29) is 0 Å². The van der Waals surface area contributed by atoms with Gasteiger partial charge in [-0.25, -0.2) is 0 Å². The van der Waals surface area contributed by atoms with Crippen molar-refractivity contribution in [2.24, 2.45) is 0 Å². The number of rotatable bonds is 7. The molecular weight excluding hydrogens is 809 g/mol. The number of para-hydroxylation sites is 8. The molecule has 2 aliphatic heterocycles. The van der Waals surface area contributed by atoms with Crippen LogP contribution >= 0.6 is 0 Å². The Hall–Kier alpha value is -8.74. The fourth-order valence-electron chi connectivity index (χ4n) is 9.38. The minimum absolute atomic E-state index is 0.830. The molecule has 0 aliphatic carbocycles. The van der Waals surface area contributed by atoms with Crippen LogP contribution in [0.1, 0.15) is 11.1 Å². The summed E-state index contributed by atoms with van der Waals surface area (Å²) in [7, 11) is 0. The van der Waals surface area contributed by atoms with Crippen LogP contribution in [0.5, 0.6) is 23.0 Å². The number of anilines is 6. The minimum Gasteiger partial charge on any atom is -0.453 e. The number of hydrogen-bond donors (Lipinski definition) is 0. The van der Waals surface area contributed by atoms with Crippen LogP contribution in [-0.4, -0.2) is 9.97 Å². The van der Waals surface area contributed by atoms with Crippen molar-refractivity contribution in [3.63, 3.8) is 0 Å². The highest BCUT2D eigenvalue weighted by atomic mass is 16.5. The predicted molar refractivity (Wildman–Crippen MR) is 268 cm³/mol. The van der Waals surface area contributed by atoms with Gasteiger partial charge >= 0.3 is 0 Å². The lowest BCUT2D eigenvalue weighted by atomic mass is 9.94. The molecule has 0 unspecified atom stereocenters. The molecule has 6 nitrogen and oxygen atoms in total. The second kappa shape index (κ2) is 16.1. The summed E-state index contributed by atoms with van der Waals surface area (Å²) >= 11 is 0. The molecule has 0 spiro atoms. The summed E-state index contributed by atoms with van der Waals surface area (Å²) < 4.78 is 12.5. The van der Waals surface area contributed by atoms with Crippen molar-refractivity contribution in [2.45, 2.75) is 13.8 Å². The Morgan fingerprint density at radius 2 is 0.636 bits per heavy atom. The number of fused-ring (bicyclic) bond motifs is 4. The van der Waals surface area contributed by atoms with Gasteiger partial charge in [-0.15, -0.1) is 0 Å². The summed E-state index contributed by atoms with van der Waals surface area (Å²) in [5, 5.41) is 0. The average Bonchev–Trinajstić information content (AvgIpc) is 3.37. The summed E-state index contributed by atoms with van der Waals surface area (Å²) in [5.41, 5.74) is 19.5. The number of benzene rings is 8. The Morgan fingerprint density at radius 3 is 0.985 bits per heavy atom. The van der Waals surface area contributed by atoms with Gasteiger partial charge in [0.1, 0.15) is 0 Å². The number of nitrogens with zero attached hydrogens (tertiary/aromatic N) is 4. The predicted octanol–water partition coefficient (Wildman–Crippen LogP) is 16.6. The Morgan fingerprint density at radius 1 is 0.318 bits per heavy atom. The standard InChI is InChI=1S/C60H42N4O2/c1-39-35-43(23-29-49(39)41-19-25-47(26-20-41)63-53-11-3-7-15-57(53)65-58-16-8-4-12-54(58)63)45-31-33-61-51(37-45)52-38-46(32-34-62-52)44-24-30-50(40(2)36-44)42-21-27-48(28-22-42)64-55-13-5-9-17-59(55)66-60-18-10-6-14-56(60)64/h3-38H,1-2H3. The van der Waals surface area contributed by atoms with E-state index in [2.05, 4.69) is 181 Å². The summed E-state index contributed by atoms with van der Waals surface area (Å²) in [4.78, 5) is 14.1. The van der Waals surface area contributed by atoms with Gasteiger partial charge < -0.3 is 19.3 Å². The molecule has 2 aliphatic rings. The lowest BCUT2D eigenvalue weighted by Crippen LogP contribution is -2.15. The first-order valence-corrected chi connectivity index (χ1v) is 22.2. The van der Waals surface area contributed by atoms with Crippen molar-refractivity contribution in [3.8, 4) is 78.9 Å². The van der Waals surface area contributed by atoms with Gasteiger partial charge in [-0.1, -0.05) is 109 Å². The van der Waals surface area contributed by atoms with Gasteiger partial charge in [-0.2, -0.15) is 0 Å². The third-order valence-corrected chi connectivity index (χ3v) is 12.6. The van der Waals surface area contributed by atoms with Crippen LogP contribution in [0.2, 0.25) is 0 Å². The fourth-order valence-corrected chi connectivity index (χ4v) is 9.38. The molecule has 12 rings (SSSR count). The molecule has 0 atom stereocenters. The molecule has 6 heteroatoms. The van der Waals surface area contributed by atoms with E-state index in [9.17, 15) is 0 Å². The van der Waals surface area contributed by atoms with E-state index in [1.165, 1.54) is 22.3 Å². The first-order chi connectivity index (χ1) is 32.5. The molecule has 10 aromatic rings. The van der Waals surface area contributed by atoms with Gasteiger partial charge in [0.15, 0.2) is 23.0 Å². The lowest BCUT2D eigenvalue weighted by molar-refractivity contribution is 0.477. The molecular formula is C60H42N4O2. The van der Waals surface area contributed by atoms with Crippen molar-refractivity contribution in [2.75, 3.05) is 9.80 Å². The molecule has 0 fully saturated rings. The fraction of sp³-hybridized carbons (Fsp3) is 0.0333. The number of pyridine rings is 2. The maximum Gasteiger partial charge on any atom is 0.151 e. The third-order valence-electron chi connectivity index (χ3n) is 12.6. The average molecular weight is 851 g/mol. The summed E-state index contributed by atoms with van der Waals surface area (Å²) in [5.74, 6) is 3.38. The molecule has 0 saturated carbocycles. The van der Waals surface area contributed by atoms with Gasteiger partial charge in [0, 0.05) is 23.8 Å².